The Morgan fingerprint density at radius 3 is 2.33 bits per heavy atom. The van der Waals surface area contributed by atoms with Gasteiger partial charge in [-0.05, 0) is 12.8 Å². The predicted molar refractivity (Wildman–Crippen MR) is 58.7 cm³/mol. The van der Waals surface area contributed by atoms with Crippen molar-refractivity contribution in [1.82, 2.24) is 9.19 Å². The molecule has 0 aliphatic heterocycles. The van der Waals surface area contributed by atoms with Crippen molar-refractivity contribution in [3.8, 4) is 0 Å². The van der Waals surface area contributed by atoms with E-state index in [4.69, 9.17) is 0 Å². The van der Waals surface area contributed by atoms with E-state index in [2.05, 4.69) is 4.84 Å². The molecule has 0 unspecified atom stereocenters. The molecule has 0 radical (unpaired) electrons. The van der Waals surface area contributed by atoms with Gasteiger partial charge in [0.15, 0.2) is 6.61 Å². The van der Waals surface area contributed by atoms with Gasteiger partial charge in [0.2, 0.25) is 0 Å². The maximum absolute atomic E-state index is 11.8. The van der Waals surface area contributed by atoms with Gasteiger partial charge in [0.1, 0.15) is 0 Å². The first-order valence-corrected chi connectivity index (χ1v) is 7.10. The predicted octanol–water partition coefficient (Wildman–Crippen LogP) is 1.58. The number of halogens is 3. The second kappa shape index (κ2) is 6.18. The lowest BCUT2D eigenvalue weighted by atomic mass is 9.96. The van der Waals surface area contributed by atoms with Gasteiger partial charge in [0.05, 0.1) is 0 Å². The molecule has 1 N–H and O–H groups in total. The minimum Gasteiger partial charge on any atom is -0.276 e. The molecular weight excluding hydrogens is 273 g/mol. The Balaban J connectivity index is 2.46. The van der Waals surface area contributed by atoms with Crippen LogP contribution in [0.1, 0.15) is 32.1 Å². The monoisotopic (exact) mass is 290 g/mol. The molecule has 5 nitrogen and oxygen atoms in total. The molecule has 108 valence electrons. The van der Waals surface area contributed by atoms with Crippen LogP contribution >= 0.6 is 0 Å². The molecule has 0 bridgehead atoms. The number of nitrogens with one attached hydrogen (secondary N) is 1. The zero-order valence-electron chi connectivity index (χ0n) is 10.0. The van der Waals surface area contributed by atoms with E-state index < -0.39 is 23.0 Å². The van der Waals surface area contributed by atoms with Gasteiger partial charge in [-0.15, -0.1) is 0 Å². The lowest BCUT2D eigenvalue weighted by molar-refractivity contribution is -0.181. The summed E-state index contributed by atoms with van der Waals surface area (Å²) in [5.74, 6) is 0. The minimum atomic E-state index is -4.56. The minimum absolute atomic E-state index is 0.175. The van der Waals surface area contributed by atoms with Crippen LogP contribution in [-0.4, -0.2) is 38.6 Å². The van der Waals surface area contributed by atoms with Crippen molar-refractivity contribution >= 4 is 10.2 Å². The second-order valence-electron chi connectivity index (χ2n) is 4.30. The molecule has 0 aromatic heterocycles. The average Bonchev–Trinajstić information content (AvgIpc) is 2.27. The highest BCUT2D eigenvalue weighted by Gasteiger charge is 2.31. The Labute approximate surface area is 104 Å². The number of hydrogen-bond acceptors (Lipinski definition) is 3. The summed E-state index contributed by atoms with van der Waals surface area (Å²) < 4.78 is 59.8. The van der Waals surface area contributed by atoms with Gasteiger partial charge in [0, 0.05) is 13.1 Å². The summed E-state index contributed by atoms with van der Waals surface area (Å²) in [6.45, 7) is -1.65. The summed E-state index contributed by atoms with van der Waals surface area (Å²) in [7, 11) is -2.68. The first kappa shape index (κ1) is 15.7. The normalized spacial score (nSPS) is 19.4. The summed E-state index contributed by atoms with van der Waals surface area (Å²) in [5, 5.41) is 0. The molecule has 1 saturated carbocycles. The van der Waals surface area contributed by atoms with E-state index in [9.17, 15) is 21.6 Å². The Bertz CT molecular complexity index is 353. The quantitative estimate of drug-likeness (QED) is 0.782. The molecule has 0 aromatic carbocycles. The van der Waals surface area contributed by atoms with Crippen molar-refractivity contribution in [1.29, 1.82) is 0 Å². The van der Waals surface area contributed by atoms with Crippen molar-refractivity contribution in [2.45, 2.75) is 44.3 Å². The number of rotatable bonds is 5. The third kappa shape index (κ3) is 5.09. The largest absolute Gasteiger partial charge is 0.413 e. The van der Waals surface area contributed by atoms with Crippen molar-refractivity contribution in [2.75, 3.05) is 13.7 Å². The molecular formula is C9H17F3N2O3S. The Hall–Kier alpha value is -0.380. The van der Waals surface area contributed by atoms with E-state index in [0.29, 0.717) is 0 Å². The molecule has 18 heavy (non-hydrogen) atoms. The molecule has 1 rings (SSSR count). The summed E-state index contributed by atoms with van der Waals surface area (Å²) in [5.41, 5.74) is 0. The topological polar surface area (TPSA) is 58.6 Å². The van der Waals surface area contributed by atoms with Crippen LogP contribution in [0.25, 0.3) is 0 Å². The van der Waals surface area contributed by atoms with Crippen molar-refractivity contribution in [2.24, 2.45) is 0 Å². The number of nitrogens with zero attached hydrogens (tertiary/aromatic N) is 1. The molecule has 1 fully saturated rings. The summed E-state index contributed by atoms with van der Waals surface area (Å²) >= 11 is 0. The molecule has 9 heteroatoms. The van der Waals surface area contributed by atoms with Crippen LogP contribution in [0.3, 0.4) is 0 Å². The summed E-state index contributed by atoms with van der Waals surface area (Å²) in [6.07, 6.45) is -0.219. The van der Waals surface area contributed by atoms with E-state index in [-0.39, 0.29) is 6.04 Å². The highest BCUT2D eigenvalue weighted by molar-refractivity contribution is 7.87. The lowest BCUT2D eigenvalue weighted by Gasteiger charge is -2.30. The van der Waals surface area contributed by atoms with Crippen LogP contribution in [0, 0.1) is 0 Å². The third-order valence-electron chi connectivity index (χ3n) is 2.87. The zero-order chi connectivity index (χ0) is 13.8. The Kier molecular flexibility index (Phi) is 5.38. The fraction of sp³-hybridized carbons (Fsp3) is 1.00. The second-order valence-corrected chi connectivity index (χ2v) is 5.99. The first-order valence-electron chi connectivity index (χ1n) is 5.66. The van der Waals surface area contributed by atoms with Gasteiger partial charge in [0.25, 0.3) is 0 Å². The smallest absolute Gasteiger partial charge is 0.276 e. The average molecular weight is 290 g/mol. The van der Waals surface area contributed by atoms with Gasteiger partial charge >= 0.3 is 16.4 Å². The van der Waals surface area contributed by atoms with Gasteiger partial charge in [-0.1, -0.05) is 24.1 Å². The van der Waals surface area contributed by atoms with E-state index in [1.807, 2.05) is 0 Å². The molecule has 0 amide bonds. The van der Waals surface area contributed by atoms with Gasteiger partial charge in [-0.3, -0.25) is 4.84 Å². The molecule has 0 aromatic rings. The summed E-state index contributed by atoms with van der Waals surface area (Å²) in [6, 6.07) is -0.175. The molecule has 0 atom stereocenters. The highest BCUT2D eigenvalue weighted by Crippen LogP contribution is 2.23. The fourth-order valence-electron chi connectivity index (χ4n) is 1.89. The third-order valence-corrected chi connectivity index (χ3v) is 4.25. The fourth-order valence-corrected chi connectivity index (χ4v) is 2.81. The molecule has 0 saturated heterocycles. The van der Waals surface area contributed by atoms with E-state index in [1.165, 1.54) is 11.9 Å². The number of hydrogen-bond donors (Lipinski definition) is 1. The SMILES string of the molecule is CN(C1CCCCC1)S(=O)(=O)NOCC(F)(F)F. The van der Waals surface area contributed by atoms with Crippen molar-refractivity contribution in [3.05, 3.63) is 0 Å². The van der Waals surface area contributed by atoms with Gasteiger partial charge in [-0.25, -0.2) is 0 Å². The Morgan fingerprint density at radius 2 is 1.83 bits per heavy atom. The van der Waals surface area contributed by atoms with Gasteiger partial charge < -0.3 is 0 Å². The maximum Gasteiger partial charge on any atom is 0.413 e. The number of alkyl halides is 3. The van der Waals surface area contributed by atoms with Crippen LogP contribution in [0.4, 0.5) is 13.2 Å². The molecule has 0 heterocycles. The van der Waals surface area contributed by atoms with Crippen LogP contribution in [0.15, 0.2) is 0 Å². The summed E-state index contributed by atoms with van der Waals surface area (Å²) in [4.78, 5) is 5.46. The van der Waals surface area contributed by atoms with Crippen molar-refractivity contribution in [3.63, 3.8) is 0 Å². The zero-order valence-corrected chi connectivity index (χ0v) is 10.9. The van der Waals surface area contributed by atoms with E-state index in [0.717, 1.165) is 36.4 Å². The van der Waals surface area contributed by atoms with Crippen LogP contribution in [0.5, 0.6) is 0 Å². The van der Waals surface area contributed by atoms with Crippen LogP contribution in [0.2, 0.25) is 0 Å². The van der Waals surface area contributed by atoms with Crippen molar-refractivity contribution < 1.29 is 26.4 Å². The highest BCUT2D eigenvalue weighted by atomic mass is 32.2. The lowest BCUT2D eigenvalue weighted by Crippen LogP contribution is -2.45. The molecule has 1 aliphatic rings. The molecule has 1 aliphatic carbocycles. The van der Waals surface area contributed by atoms with E-state index in [1.54, 1.807) is 0 Å². The van der Waals surface area contributed by atoms with Gasteiger partial charge in [-0.2, -0.15) is 25.9 Å². The molecule has 0 spiro atoms. The maximum atomic E-state index is 11.8. The van der Waals surface area contributed by atoms with Crippen LogP contribution < -0.4 is 4.89 Å². The van der Waals surface area contributed by atoms with E-state index >= 15 is 0 Å². The Morgan fingerprint density at radius 1 is 1.28 bits per heavy atom. The van der Waals surface area contributed by atoms with Crippen LogP contribution in [-0.2, 0) is 15.0 Å². The standard InChI is InChI=1S/C9H17F3N2O3S/c1-14(8-5-3-2-4-6-8)18(15,16)13-17-7-9(10,11)12/h8,13H,2-7H2,1H3. The first-order chi connectivity index (χ1) is 8.22.